The Bertz CT molecular complexity index is 920. The minimum atomic E-state index is -0.639. The Morgan fingerprint density at radius 2 is 1.90 bits per heavy atom. The van der Waals surface area contributed by atoms with Gasteiger partial charge in [-0.25, -0.2) is 9.79 Å². The van der Waals surface area contributed by atoms with Crippen LogP contribution in [0.1, 0.15) is 52.6 Å². The number of aliphatic imine (C=N–C) groups is 1. The van der Waals surface area contributed by atoms with E-state index in [0.717, 1.165) is 5.56 Å². The molecule has 7 nitrogen and oxygen atoms in total. The van der Waals surface area contributed by atoms with Crippen molar-refractivity contribution in [1.82, 2.24) is 4.90 Å². The van der Waals surface area contributed by atoms with Crippen molar-refractivity contribution in [3.05, 3.63) is 41.1 Å². The van der Waals surface area contributed by atoms with Crippen LogP contribution in [0.15, 0.2) is 40.5 Å². The summed E-state index contributed by atoms with van der Waals surface area (Å²) in [6.45, 7) is 9.26. The number of rotatable bonds is 6. The first-order valence-electron chi connectivity index (χ1n) is 9.97. The van der Waals surface area contributed by atoms with E-state index in [1.54, 1.807) is 36.1 Å². The second-order valence-corrected chi connectivity index (χ2v) is 8.84. The number of ether oxygens (including phenoxy) is 2. The Morgan fingerprint density at radius 3 is 2.47 bits per heavy atom. The van der Waals surface area contributed by atoms with Gasteiger partial charge in [0.2, 0.25) is 5.91 Å². The summed E-state index contributed by atoms with van der Waals surface area (Å²) in [7, 11) is 0. The molecular weight excluding hydrogens is 404 g/mol. The Balaban J connectivity index is 2.03. The quantitative estimate of drug-likeness (QED) is 0.503. The lowest BCUT2D eigenvalue weighted by Gasteiger charge is -2.33. The molecule has 1 amide bonds. The van der Waals surface area contributed by atoms with Gasteiger partial charge in [0.15, 0.2) is 5.17 Å². The van der Waals surface area contributed by atoms with Gasteiger partial charge < -0.3 is 9.47 Å². The van der Waals surface area contributed by atoms with Crippen LogP contribution in [-0.2, 0) is 19.1 Å². The van der Waals surface area contributed by atoms with Crippen molar-refractivity contribution in [3.8, 4) is 5.75 Å². The predicted molar refractivity (Wildman–Crippen MR) is 115 cm³/mol. The van der Waals surface area contributed by atoms with Crippen LogP contribution >= 0.6 is 11.8 Å². The van der Waals surface area contributed by atoms with E-state index >= 15 is 0 Å². The van der Waals surface area contributed by atoms with E-state index in [4.69, 9.17) is 9.47 Å². The van der Waals surface area contributed by atoms with Gasteiger partial charge in [0.1, 0.15) is 5.75 Å². The monoisotopic (exact) mass is 430 g/mol. The molecule has 8 heteroatoms. The zero-order valence-electron chi connectivity index (χ0n) is 17.8. The second kappa shape index (κ2) is 9.04. The van der Waals surface area contributed by atoms with Crippen molar-refractivity contribution in [2.75, 3.05) is 6.61 Å². The molecule has 2 aliphatic rings. The van der Waals surface area contributed by atoms with Gasteiger partial charge >= 0.3 is 11.9 Å². The molecule has 1 saturated heterocycles. The van der Waals surface area contributed by atoms with E-state index in [9.17, 15) is 14.4 Å². The molecule has 1 aromatic carbocycles. The number of hydrogen-bond acceptors (Lipinski definition) is 7. The van der Waals surface area contributed by atoms with E-state index < -0.39 is 18.0 Å². The summed E-state index contributed by atoms with van der Waals surface area (Å²) in [6, 6.07) is 6.18. The number of nitrogens with zero attached hydrogens (tertiary/aromatic N) is 2. The first-order chi connectivity index (χ1) is 14.2. The highest BCUT2D eigenvalue weighted by Gasteiger charge is 2.47. The van der Waals surface area contributed by atoms with Crippen LogP contribution in [0.25, 0.3) is 0 Å². The van der Waals surface area contributed by atoms with Gasteiger partial charge in [0, 0.05) is 6.92 Å². The summed E-state index contributed by atoms with van der Waals surface area (Å²) in [5, 5.41) is 0.365. The van der Waals surface area contributed by atoms with Crippen molar-refractivity contribution < 1.29 is 23.9 Å². The Hall–Kier alpha value is -2.61. The Kier molecular flexibility index (Phi) is 6.65. The molecule has 0 radical (unpaired) electrons. The van der Waals surface area contributed by atoms with Gasteiger partial charge in [-0.05, 0) is 37.0 Å². The largest absolute Gasteiger partial charge is 0.462 e. The highest BCUT2D eigenvalue weighted by molar-refractivity contribution is 8.15. The molecular formula is C22H26N2O5S. The van der Waals surface area contributed by atoms with E-state index in [-0.39, 0.29) is 23.7 Å². The number of hydrogen-bond donors (Lipinski definition) is 0. The van der Waals surface area contributed by atoms with Gasteiger partial charge in [-0.15, -0.1) is 0 Å². The van der Waals surface area contributed by atoms with Crippen molar-refractivity contribution in [1.29, 1.82) is 0 Å². The van der Waals surface area contributed by atoms with Gasteiger partial charge in [0.05, 0.1) is 29.2 Å². The fourth-order valence-electron chi connectivity index (χ4n) is 3.37. The number of fused-ring (bicyclic) bond motifs is 1. The third-order valence-electron chi connectivity index (χ3n) is 4.75. The lowest BCUT2D eigenvalue weighted by atomic mass is 9.94. The smallest absolute Gasteiger partial charge is 0.338 e. The molecule has 0 unspecified atom stereocenters. The third kappa shape index (κ3) is 4.43. The maximum Gasteiger partial charge on any atom is 0.338 e. The van der Waals surface area contributed by atoms with Crippen LogP contribution in [-0.4, -0.2) is 39.8 Å². The molecule has 3 rings (SSSR count). The Labute approximate surface area is 180 Å². The number of benzene rings is 1. The lowest BCUT2D eigenvalue weighted by Crippen LogP contribution is -2.40. The second-order valence-electron chi connectivity index (χ2n) is 7.67. The molecule has 0 aliphatic carbocycles. The summed E-state index contributed by atoms with van der Waals surface area (Å²) in [5.41, 5.74) is 1.62. The summed E-state index contributed by atoms with van der Waals surface area (Å²) in [6.07, 6.45) is 0.670. The number of amidine groups is 1. The fraction of sp³-hybridized carbons (Fsp3) is 0.455. The maximum atomic E-state index is 13.1. The molecule has 2 aliphatic heterocycles. The molecule has 0 saturated carbocycles. The summed E-state index contributed by atoms with van der Waals surface area (Å²) >= 11 is 1.42. The van der Waals surface area contributed by atoms with Crippen LogP contribution in [0.3, 0.4) is 0 Å². The average molecular weight is 431 g/mol. The van der Waals surface area contributed by atoms with Crippen LogP contribution < -0.4 is 4.74 Å². The number of carbonyl (C=O) groups is 3. The number of allylic oxidation sites excluding steroid dienone is 1. The minimum Gasteiger partial charge on any atom is -0.462 e. The van der Waals surface area contributed by atoms with E-state index in [0.29, 0.717) is 28.6 Å². The minimum absolute atomic E-state index is 0.0722. The number of amides is 1. The highest BCUT2D eigenvalue weighted by atomic mass is 32.2. The van der Waals surface area contributed by atoms with Crippen molar-refractivity contribution in [3.63, 3.8) is 0 Å². The number of thioether (sulfide) groups is 1. The topological polar surface area (TPSA) is 85.3 Å². The van der Waals surface area contributed by atoms with E-state index in [1.807, 2.05) is 20.8 Å². The number of esters is 2. The normalized spacial score (nSPS) is 20.9. The van der Waals surface area contributed by atoms with Gasteiger partial charge in [-0.3, -0.25) is 14.5 Å². The molecule has 0 aromatic heterocycles. The summed E-state index contributed by atoms with van der Waals surface area (Å²) in [4.78, 5) is 43.4. The first-order valence-corrected chi connectivity index (χ1v) is 10.9. The molecule has 1 fully saturated rings. The van der Waals surface area contributed by atoms with Gasteiger partial charge in [-0.2, -0.15) is 0 Å². The molecule has 2 heterocycles. The zero-order chi connectivity index (χ0) is 22.0. The van der Waals surface area contributed by atoms with E-state index in [2.05, 4.69) is 4.99 Å². The van der Waals surface area contributed by atoms with Crippen LogP contribution in [0, 0.1) is 5.92 Å². The SMILES string of the molecule is CC[C@@H]1SC2=NC(C)=C(C(=O)OCC(C)C)[C@@H](c3ccc(OC(C)=O)cc3)N2C1=O. The fourth-order valence-corrected chi connectivity index (χ4v) is 4.50. The van der Waals surface area contributed by atoms with Gasteiger partial charge in [0.25, 0.3) is 0 Å². The molecule has 1 aromatic rings. The molecule has 30 heavy (non-hydrogen) atoms. The van der Waals surface area contributed by atoms with E-state index in [1.165, 1.54) is 18.7 Å². The third-order valence-corrected chi connectivity index (χ3v) is 6.07. The van der Waals surface area contributed by atoms with Crippen LogP contribution in [0.5, 0.6) is 5.75 Å². The molecule has 160 valence electrons. The first kappa shape index (κ1) is 22.1. The van der Waals surface area contributed by atoms with Crippen molar-refractivity contribution >= 4 is 34.8 Å². The zero-order valence-corrected chi connectivity index (χ0v) is 18.6. The summed E-state index contributed by atoms with van der Waals surface area (Å²) in [5.74, 6) is -0.380. The maximum absolute atomic E-state index is 13.1. The summed E-state index contributed by atoms with van der Waals surface area (Å²) < 4.78 is 10.6. The lowest BCUT2D eigenvalue weighted by molar-refractivity contribution is -0.141. The predicted octanol–water partition coefficient (Wildman–Crippen LogP) is 3.85. The van der Waals surface area contributed by atoms with Crippen molar-refractivity contribution in [2.45, 2.75) is 52.3 Å². The van der Waals surface area contributed by atoms with Gasteiger partial charge in [-0.1, -0.05) is 44.7 Å². The molecule has 2 atom stereocenters. The molecule has 0 spiro atoms. The Morgan fingerprint density at radius 1 is 1.23 bits per heavy atom. The molecule has 0 bridgehead atoms. The standard InChI is InChI=1S/C22H26N2O5S/c1-6-17-20(26)24-19(15-7-9-16(10-8-15)29-14(5)25)18(13(4)23-22(24)30-17)21(27)28-11-12(2)3/h7-10,12,17,19H,6,11H2,1-5H3/t17-,19+/m0/s1. The molecule has 0 N–H and O–H groups in total. The average Bonchev–Trinajstić information content (AvgIpc) is 3.00. The highest BCUT2D eigenvalue weighted by Crippen LogP contribution is 2.44. The van der Waals surface area contributed by atoms with Crippen LogP contribution in [0.2, 0.25) is 0 Å². The van der Waals surface area contributed by atoms with Crippen molar-refractivity contribution in [2.24, 2.45) is 10.9 Å². The van der Waals surface area contributed by atoms with Crippen LogP contribution in [0.4, 0.5) is 0 Å². The number of carbonyl (C=O) groups excluding carboxylic acids is 3.